The first-order chi connectivity index (χ1) is 7.68. The fourth-order valence-corrected chi connectivity index (χ4v) is 2.18. The Bertz CT molecular complexity index is 406. The van der Waals surface area contributed by atoms with Crippen LogP contribution in [0, 0.1) is 0 Å². The molecule has 1 atom stereocenters. The monoisotopic (exact) mass is 237 g/mol. The van der Waals surface area contributed by atoms with E-state index in [4.69, 9.17) is 4.42 Å². The quantitative estimate of drug-likeness (QED) is 0.839. The van der Waals surface area contributed by atoms with Crippen LogP contribution in [0.15, 0.2) is 39.6 Å². The summed E-state index contributed by atoms with van der Waals surface area (Å²) in [6, 6.07) is 5.63. The van der Waals surface area contributed by atoms with Crippen LogP contribution in [-0.2, 0) is 12.1 Å². The zero-order valence-corrected chi connectivity index (χ0v) is 9.96. The predicted molar refractivity (Wildman–Crippen MR) is 64.3 cm³/mol. The molecule has 4 heteroatoms. The van der Waals surface area contributed by atoms with Crippen molar-refractivity contribution in [2.45, 2.75) is 19.1 Å². The third-order valence-electron chi connectivity index (χ3n) is 2.43. The maximum atomic E-state index is 10.1. The summed E-state index contributed by atoms with van der Waals surface area (Å²) in [5.41, 5.74) is 0.278. The average molecular weight is 237 g/mol. The van der Waals surface area contributed by atoms with Crippen molar-refractivity contribution in [1.29, 1.82) is 0 Å². The van der Waals surface area contributed by atoms with Gasteiger partial charge < -0.3 is 14.8 Å². The molecule has 3 nitrogen and oxygen atoms in total. The van der Waals surface area contributed by atoms with Crippen LogP contribution in [0.1, 0.15) is 18.2 Å². The predicted octanol–water partition coefficient (Wildman–Crippen LogP) is 2.34. The normalized spacial score (nSPS) is 14.9. The maximum Gasteiger partial charge on any atom is 0.136 e. The highest BCUT2D eigenvalue weighted by molar-refractivity contribution is 7.07. The first-order valence-electron chi connectivity index (χ1n) is 5.17. The second kappa shape index (κ2) is 4.82. The molecule has 16 heavy (non-hydrogen) atoms. The van der Waals surface area contributed by atoms with Crippen molar-refractivity contribution in [2.75, 3.05) is 6.54 Å². The fraction of sp³-hybridized carbons (Fsp3) is 0.333. The van der Waals surface area contributed by atoms with E-state index in [0.717, 1.165) is 6.54 Å². The number of rotatable bonds is 5. The third-order valence-corrected chi connectivity index (χ3v) is 3.16. The number of nitrogens with one attached hydrogen (secondary N) is 1. The van der Waals surface area contributed by atoms with Crippen LogP contribution < -0.4 is 5.32 Å². The van der Waals surface area contributed by atoms with E-state index in [1.807, 2.05) is 5.38 Å². The van der Waals surface area contributed by atoms with Crippen molar-refractivity contribution in [3.05, 3.63) is 46.5 Å². The van der Waals surface area contributed by atoms with Crippen molar-refractivity contribution in [3.8, 4) is 0 Å². The number of thiophene rings is 1. The molecule has 0 bridgehead atoms. The van der Waals surface area contributed by atoms with Gasteiger partial charge in [0, 0.05) is 13.1 Å². The molecule has 2 aromatic rings. The number of aliphatic hydroxyl groups is 1. The van der Waals surface area contributed by atoms with Gasteiger partial charge in [-0.15, -0.1) is 0 Å². The van der Waals surface area contributed by atoms with Crippen molar-refractivity contribution in [1.82, 2.24) is 5.32 Å². The minimum Gasteiger partial charge on any atom is -0.466 e. The Morgan fingerprint density at radius 1 is 1.50 bits per heavy atom. The number of furan rings is 1. The lowest BCUT2D eigenvalue weighted by Crippen LogP contribution is -2.34. The van der Waals surface area contributed by atoms with Crippen molar-refractivity contribution < 1.29 is 9.52 Å². The summed E-state index contributed by atoms with van der Waals surface area (Å²) in [4.78, 5) is 0. The molecule has 0 amide bonds. The van der Waals surface area contributed by atoms with E-state index in [2.05, 4.69) is 16.8 Å². The van der Waals surface area contributed by atoms with E-state index < -0.39 is 5.60 Å². The highest BCUT2D eigenvalue weighted by Crippen LogP contribution is 2.19. The summed E-state index contributed by atoms with van der Waals surface area (Å²) in [7, 11) is 0. The van der Waals surface area contributed by atoms with E-state index >= 15 is 0 Å². The van der Waals surface area contributed by atoms with E-state index in [1.54, 1.807) is 36.7 Å². The van der Waals surface area contributed by atoms with Crippen molar-refractivity contribution in [3.63, 3.8) is 0 Å². The van der Waals surface area contributed by atoms with Gasteiger partial charge in [0.2, 0.25) is 0 Å². The molecule has 2 heterocycles. The zero-order valence-electron chi connectivity index (χ0n) is 9.14. The highest BCUT2D eigenvalue weighted by Gasteiger charge is 2.25. The molecule has 2 rings (SSSR count). The van der Waals surface area contributed by atoms with Crippen LogP contribution in [0.5, 0.6) is 0 Å². The van der Waals surface area contributed by atoms with Gasteiger partial charge in [-0.1, -0.05) is 0 Å². The second-order valence-electron chi connectivity index (χ2n) is 3.99. The minimum atomic E-state index is -0.959. The van der Waals surface area contributed by atoms with E-state index in [1.165, 1.54) is 5.56 Å². The molecular formula is C12H15NO2S. The van der Waals surface area contributed by atoms with Gasteiger partial charge in [0.15, 0.2) is 0 Å². The molecule has 1 unspecified atom stereocenters. The molecule has 0 aliphatic heterocycles. The molecule has 0 aromatic carbocycles. The first kappa shape index (κ1) is 11.4. The van der Waals surface area contributed by atoms with Crippen LogP contribution in [0.25, 0.3) is 0 Å². The second-order valence-corrected chi connectivity index (χ2v) is 4.77. The summed E-state index contributed by atoms with van der Waals surface area (Å²) < 4.78 is 5.20. The Balaban J connectivity index is 1.85. The molecule has 86 valence electrons. The standard InChI is InChI=1S/C12H15NO2S/c1-12(14,11-3-2-5-15-11)9-13-7-10-4-6-16-8-10/h2-6,8,13-14H,7,9H2,1H3. The maximum absolute atomic E-state index is 10.1. The van der Waals surface area contributed by atoms with Crippen LogP contribution in [0.3, 0.4) is 0 Å². The third kappa shape index (κ3) is 2.72. The Labute approximate surface area is 98.7 Å². The Hall–Kier alpha value is -1.10. The van der Waals surface area contributed by atoms with E-state index in [-0.39, 0.29) is 0 Å². The molecule has 0 saturated carbocycles. The topological polar surface area (TPSA) is 45.4 Å². The van der Waals surface area contributed by atoms with Gasteiger partial charge >= 0.3 is 0 Å². The summed E-state index contributed by atoms with van der Waals surface area (Å²) in [6.07, 6.45) is 1.57. The lowest BCUT2D eigenvalue weighted by atomic mass is 10.0. The molecule has 0 radical (unpaired) electrons. The Morgan fingerprint density at radius 2 is 2.38 bits per heavy atom. The summed E-state index contributed by atoms with van der Waals surface area (Å²) >= 11 is 1.67. The van der Waals surface area contributed by atoms with Gasteiger partial charge in [-0.2, -0.15) is 11.3 Å². The van der Waals surface area contributed by atoms with Crippen LogP contribution in [0.4, 0.5) is 0 Å². The van der Waals surface area contributed by atoms with Gasteiger partial charge in [0.1, 0.15) is 11.4 Å². The van der Waals surface area contributed by atoms with E-state index in [0.29, 0.717) is 12.3 Å². The molecule has 0 aliphatic rings. The summed E-state index contributed by atoms with van der Waals surface area (Å²) in [5, 5.41) is 17.5. The van der Waals surface area contributed by atoms with Crippen molar-refractivity contribution in [2.24, 2.45) is 0 Å². The summed E-state index contributed by atoms with van der Waals surface area (Å²) in [6.45, 7) is 2.98. The molecule has 0 fully saturated rings. The lowest BCUT2D eigenvalue weighted by Gasteiger charge is -2.21. The smallest absolute Gasteiger partial charge is 0.136 e. The van der Waals surface area contributed by atoms with Gasteiger partial charge in [-0.3, -0.25) is 0 Å². The summed E-state index contributed by atoms with van der Waals surface area (Å²) in [5.74, 6) is 0.588. The van der Waals surface area contributed by atoms with Crippen molar-refractivity contribution >= 4 is 11.3 Å². The molecule has 2 aromatic heterocycles. The fourth-order valence-electron chi connectivity index (χ4n) is 1.52. The van der Waals surface area contributed by atoms with Crippen LogP contribution in [-0.4, -0.2) is 11.7 Å². The minimum absolute atomic E-state index is 0.469. The number of hydrogen-bond acceptors (Lipinski definition) is 4. The van der Waals surface area contributed by atoms with Crippen LogP contribution in [0.2, 0.25) is 0 Å². The van der Waals surface area contributed by atoms with Gasteiger partial charge in [-0.05, 0) is 41.4 Å². The van der Waals surface area contributed by atoms with E-state index in [9.17, 15) is 5.11 Å². The SMILES string of the molecule is CC(O)(CNCc1ccsc1)c1ccco1. The first-order valence-corrected chi connectivity index (χ1v) is 6.11. The molecule has 2 N–H and O–H groups in total. The zero-order chi connectivity index (χ0) is 11.4. The lowest BCUT2D eigenvalue weighted by molar-refractivity contribution is 0.0340. The highest BCUT2D eigenvalue weighted by atomic mass is 32.1. The van der Waals surface area contributed by atoms with Gasteiger partial charge in [0.05, 0.1) is 6.26 Å². The number of hydrogen-bond donors (Lipinski definition) is 2. The molecule has 0 saturated heterocycles. The molecular weight excluding hydrogens is 222 g/mol. The molecule has 0 spiro atoms. The average Bonchev–Trinajstić information content (AvgIpc) is 2.90. The largest absolute Gasteiger partial charge is 0.466 e. The Kier molecular flexibility index (Phi) is 3.43. The molecule has 0 aliphatic carbocycles. The Morgan fingerprint density at radius 3 is 3.00 bits per heavy atom. The van der Waals surface area contributed by atoms with Crippen LogP contribution >= 0.6 is 11.3 Å². The van der Waals surface area contributed by atoms with Gasteiger partial charge in [-0.25, -0.2) is 0 Å². The van der Waals surface area contributed by atoms with Gasteiger partial charge in [0.25, 0.3) is 0 Å².